The molecule has 0 spiro atoms. The highest BCUT2D eigenvalue weighted by molar-refractivity contribution is 5.38. The van der Waals surface area contributed by atoms with E-state index in [1.807, 2.05) is 6.07 Å². The molecule has 0 aromatic carbocycles. The maximum Gasteiger partial charge on any atom is 0.145 e. The van der Waals surface area contributed by atoms with Crippen molar-refractivity contribution in [2.24, 2.45) is 0 Å². The molecule has 5 nitrogen and oxygen atoms in total. The van der Waals surface area contributed by atoms with Gasteiger partial charge in [-0.05, 0) is 0 Å². The molecule has 52 valence electrons. The highest BCUT2D eigenvalue weighted by Gasteiger charge is 2.06. The van der Waals surface area contributed by atoms with Crippen molar-refractivity contribution in [1.82, 2.24) is 15.8 Å². The van der Waals surface area contributed by atoms with Gasteiger partial charge in [-0.2, -0.15) is 5.10 Å². The van der Waals surface area contributed by atoms with E-state index in [0.717, 1.165) is 5.82 Å². The quantitative estimate of drug-likeness (QED) is 0.579. The van der Waals surface area contributed by atoms with Crippen LogP contribution in [0.25, 0.3) is 0 Å². The minimum Gasteiger partial charge on any atom is -0.395 e. The summed E-state index contributed by atoms with van der Waals surface area (Å²) in [7, 11) is 0. The van der Waals surface area contributed by atoms with Gasteiger partial charge in [0.2, 0.25) is 0 Å². The first-order chi connectivity index (χ1) is 4.97. The van der Waals surface area contributed by atoms with E-state index in [-0.39, 0.29) is 0 Å². The van der Waals surface area contributed by atoms with Crippen molar-refractivity contribution in [3.8, 4) is 0 Å². The summed E-state index contributed by atoms with van der Waals surface area (Å²) in [5, 5.41) is 8.21. The molecular weight excluding hydrogens is 132 g/mol. The molecule has 0 bridgehead atoms. The average Bonchev–Trinajstić information content (AvgIpc) is 2.59. The van der Waals surface area contributed by atoms with Gasteiger partial charge in [-0.25, -0.2) is 5.01 Å². The number of nitrogens with zero attached hydrogens (tertiary/aromatic N) is 2. The summed E-state index contributed by atoms with van der Waals surface area (Å²) in [5.74, 6) is 0.841. The third-order valence-corrected chi connectivity index (χ3v) is 1.17. The first kappa shape index (κ1) is 5.31. The Morgan fingerprint density at radius 2 is 2.60 bits per heavy atom. The van der Waals surface area contributed by atoms with E-state index in [1.54, 1.807) is 23.7 Å². The van der Waals surface area contributed by atoms with Crippen LogP contribution in [-0.2, 0) is 4.84 Å². The predicted octanol–water partition coefficient (Wildman–Crippen LogP) is 0.137. The first-order valence-electron chi connectivity index (χ1n) is 2.83. The fourth-order valence-electron chi connectivity index (χ4n) is 0.721. The van der Waals surface area contributed by atoms with Gasteiger partial charge < -0.3 is 4.84 Å². The van der Waals surface area contributed by atoms with Crippen LogP contribution in [-0.4, -0.2) is 10.2 Å². The number of H-pyrrole nitrogens is 1. The first-order valence-corrected chi connectivity index (χ1v) is 2.83. The van der Waals surface area contributed by atoms with Gasteiger partial charge in [0.05, 0.1) is 12.4 Å². The Balaban J connectivity index is 2.20. The molecule has 1 aromatic rings. The van der Waals surface area contributed by atoms with Crippen molar-refractivity contribution in [2.75, 3.05) is 5.01 Å². The second-order valence-corrected chi connectivity index (χ2v) is 1.81. The monoisotopic (exact) mass is 138 g/mol. The Bertz CT molecular complexity index is 230. The molecule has 1 aliphatic rings. The largest absolute Gasteiger partial charge is 0.395 e. The molecule has 1 aliphatic heterocycles. The van der Waals surface area contributed by atoms with Crippen molar-refractivity contribution in [1.29, 1.82) is 0 Å². The van der Waals surface area contributed by atoms with E-state index in [1.165, 1.54) is 0 Å². The van der Waals surface area contributed by atoms with Crippen molar-refractivity contribution in [2.45, 2.75) is 0 Å². The third kappa shape index (κ3) is 0.725. The Labute approximate surface area is 57.2 Å². The molecule has 10 heavy (non-hydrogen) atoms. The Morgan fingerprint density at radius 1 is 1.60 bits per heavy atom. The summed E-state index contributed by atoms with van der Waals surface area (Å²) in [6, 6.07) is 1.83. The van der Waals surface area contributed by atoms with E-state index in [4.69, 9.17) is 4.84 Å². The van der Waals surface area contributed by atoms with Gasteiger partial charge in [-0.3, -0.25) is 5.10 Å². The molecular formula is C5H6N4O. The van der Waals surface area contributed by atoms with Gasteiger partial charge >= 0.3 is 0 Å². The van der Waals surface area contributed by atoms with E-state index in [0.29, 0.717) is 0 Å². The molecule has 0 atom stereocenters. The lowest BCUT2D eigenvalue weighted by Crippen LogP contribution is -2.27. The number of hydrogen-bond acceptors (Lipinski definition) is 4. The molecule has 0 amide bonds. The van der Waals surface area contributed by atoms with Crippen LogP contribution in [0.4, 0.5) is 5.82 Å². The summed E-state index contributed by atoms with van der Waals surface area (Å²) in [6.45, 7) is 0. The van der Waals surface area contributed by atoms with Crippen LogP contribution in [0, 0.1) is 0 Å². The lowest BCUT2D eigenvalue weighted by Gasteiger charge is -2.09. The number of hydrazine groups is 1. The van der Waals surface area contributed by atoms with Gasteiger partial charge in [-0.15, -0.1) is 0 Å². The molecule has 0 saturated carbocycles. The maximum absolute atomic E-state index is 4.73. The van der Waals surface area contributed by atoms with Crippen LogP contribution < -0.4 is 10.6 Å². The van der Waals surface area contributed by atoms with E-state index in [2.05, 4.69) is 15.8 Å². The normalized spacial score (nSPS) is 15.8. The van der Waals surface area contributed by atoms with Crippen LogP contribution in [0.1, 0.15) is 0 Å². The lowest BCUT2D eigenvalue weighted by atomic mass is 10.6. The predicted molar refractivity (Wildman–Crippen MR) is 34.4 cm³/mol. The van der Waals surface area contributed by atoms with Crippen molar-refractivity contribution in [3.05, 3.63) is 24.7 Å². The molecule has 2 heterocycles. The van der Waals surface area contributed by atoms with Gasteiger partial charge in [0.1, 0.15) is 12.1 Å². The second kappa shape index (κ2) is 2.03. The van der Waals surface area contributed by atoms with Crippen LogP contribution in [0.3, 0.4) is 0 Å². The molecule has 1 aromatic heterocycles. The summed E-state index contributed by atoms with van der Waals surface area (Å²) in [5.41, 5.74) is 2.61. The average molecular weight is 138 g/mol. The SMILES string of the molecule is C1=CN(c2ccn[nH]2)NO1. The fraction of sp³-hybridized carbons (Fsp3) is 0. The number of hydrogen-bond donors (Lipinski definition) is 2. The summed E-state index contributed by atoms with van der Waals surface area (Å²) < 4.78 is 0. The molecule has 2 rings (SSSR count). The zero-order valence-electron chi connectivity index (χ0n) is 5.11. The smallest absolute Gasteiger partial charge is 0.145 e. The molecule has 5 heteroatoms. The van der Waals surface area contributed by atoms with E-state index >= 15 is 0 Å². The number of nitrogens with one attached hydrogen (secondary N) is 2. The molecule has 0 radical (unpaired) electrons. The molecule has 0 saturated heterocycles. The van der Waals surface area contributed by atoms with Crippen LogP contribution >= 0.6 is 0 Å². The molecule has 0 fully saturated rings. The molecule has 0 unspecified atom stereocenters. The Hall–Kier alpha value is -1.49. The lowest BCUT2D eigenvalue weighted by molar-refractivity contribution is 0.158. The minimum absolute atomic E-state index is 0.841. The number of aromatic amines is 1. The van der Waals surface area contributed by atoms with Crippen LogP contribution in [0.15, 0.2) is 24.7 Å². The number of anilines is 1. The van der Waals surface area contributed by atoms with Gasteiger partial charge in [0.25, 0.3) is 0 Å². The second-order valence-electron chi connectivity index (χ2n) is 1.81. The van der Waals surface area contributed by atoms with Crippen molar-refractivity contribution in [3.63, 3.8) is 0 Å². The highest BCUT2D eigenvalue weighted by atomic mass is 16.7. The topological polar surface area (TPSA) is 53.2 Å². The van der Waals surface area contributed by atoms with Crippen LogP contribution in [0.5, 0.6) is 0 Å². The van der Waals surface area contributed by atoms with Gasteiger partial charge in [0, 0.05) is 6.07 Å². The van der Waals surface area contributed by atoms with Crippen LogP contribution in [0.2, 0.25) is 0 Å². The molecule has 2 N–H and O–H groups in total. The van der Waals surface area contributed by atoms with Crippen molar-refractivity contribution < 1.29 is 4.84 Å². The fourth-order valence-corrected chi connectivity index (χ4v) is 0.721. The Morgan fingerprint density at radius 3 is 3.20 bits per heavy atom. The standard InChI is InChI=1S/C5H6N4O/c1-2-6-7-5(1)9-3-4-10-8-9/h1-4,8H,(H,6,7). The van der Waals surface area contributed by atoms with E-state index in [9.17, 15) is 0 Å². The van der Waals surface area contributed by atoms with E-state index < -0.39 is 0 Å². The number of aromatic nitrogens is 2. The van der Waals surface area contributed by atoms with Gasteiger partial charge in [0.15, 0.2) is 0 Å². The summed E-state index contributed by atoms with van der Waals surface area (Å²) >= 11 is 0. The minimum atomic E-state index is 0.841. The zero-order valence-corrected chi connectivity index (χ0v) is 5.11. The zero-order chi connectivity index (χ0) is 6.81. The molecule has 0 aliphatic carbocycles. The van der Waals surface area contributed by atoms with Crippen molar-refractivity contribution >= 4 is 5.82 Å². The number of rotatable bonds is 1. The summed E-state index contributed by atoms with van der Waals surface area (Å²) in [6.07, 6.45) is 4.96. The third-order valence-electron chi connectivity index (χ3n) is 1.17. The summed E-state index contributed by atoms with van der Waals surface area (Å²) in [4.78, 5) is 4.73. The maximum atomic E-state index is 4.73. The highest BCUT2D eigenvalue weighted by Crippen LogP contribution is 2.08. The Kier molecular flexibility index (Phi) is 1.08. The van der Waals surface area contributed by atoms with Gasteiger partial charge in [-0.1, -0.05) is 5.59 Å².